The molecule has 0 bridgehead atoms. The molecule has 140 valence electrons. The van der Waals surface area contributed by atoms with Gasteiger partial charge in [0.1, 0.15) is 5.75 Å². The highest BCUT2D eigenvalue weighted by Gasteiger charge is 2.10. The second-order valence-corrected chi connectivity index (χ2v) is 6.03. The first-order valence-electron chi connectivity index (χ1n) is 8.62. The summed E-state index contributed by atoms with van der Waals surface area (Å²) < 4.78 is 5.10. The standard InChI is InChI=1S/C23H19NO4/c1-28-20-12-10-17(11-13-20)23(27)24-19-9-5-8-18(14-19)21(15-22(25)26)16-6-3-2-4-7-16/h2-15H,1H3,(H,24,27)(H,25,26). The zero-order valence-corrected chi connectivity index (χ0v) is 15.3. The molecule has 2 N–H and O–H groups in total. The zero-order chi connectivity index (χ0) is 19.9. The number of aliphatic carboxylic acids is 1. The molecule has 5 heteroatoms. The minimum atomic E-state index is -1.04. The molecule has 0 aliphatic carbocycles. The molecule has 3 aromatic rings. The number of benzene rings is 3. The van der Waals surface area contributed by atoms with E-state index < -0.39 is 5.97 Å². The Balaban J connectivity index is 1.88. The molecule has 1 amide bonds. The number of methoxy groups -OCH3 is 1. The summed E-state index contributed by atoms with van der Waals surface area (Å²) in [5.41, 5.74) is 3.11. The molecule has 3 aromatic carbocycles. The Morgan fingerprint density at radius 3 is 2.18 bits per heavy atom. The smallest absolute Gasteiger partial charge is 0.328 e. The van der Waals surface area contributed by atoms with Crippen LogP contribution in [0.5, 0.6) is 5.75 Å². The Bertz CT molecular complexity index is 1010. The molecule has 0 saturated heterocycles. The minimum absolute atomic E-state index is 0.261. The average molecular weight is 373 g/mol. The number of hydrogen-bond donors (Lipinski definition) is 2. The third-order valence-electron chi connectivity index (χ3n) is 4.14. The van der Waals surface area contributed by atoms with Gasteiger partial charge in [-0.05, 0) is 53.1 Å². The summed E-state index contributed by atoms with van der Waals surface area (Å²) in [7, 11) is 1.57. The molecule has 5 nitrogen and oxygen atoms in total. The third kappa shape index (κ3) is 4.65. The highest BCUT2D eigenvalue weighted by atomic mass is 16.5. The Morgan fingerprint density at radius 2 is 1.54 bits per heavy atom. The Hall–Kier alpha value is -3.86. The maximum Gasteiger partial charge on any atom is 0.328 e. The Labute approximate surface area is 162 Å². The van der Waals surface area contributed by atoms with Crippen LogP contribution in [0.4, 0.5) is 5.69 Å². The molecule has 0 heterocycles. The van der Waals surface area contributed by atoms with Gasteiger partial charge in [0.2, 0.25) is 0 Å². The lowest BCUT2D eigenvalue weighted by Gasteiger charge is -2.11. The lowest BCUT2D eigenvalue weighted by atomic mass is 9.97. The molecule has 0 aliphatic rings. The summed E-state index contributed by atoms with van der Waals surface area (Å²) in [5.74, 6) is -0.625. The number of rotatable bonds is 6. The fourth-order valence-electron chi connectivity index (χ4n) is 2.78. The number of ether oxygens (including phenoxy) is 1. The lowest BCUT2D eigenvalue weighted by molar-refractivity contribution is -0.131. The van der Waals surface area contributed by atoms with E-state index in [-0.39, 0.29) is 5.91 Å². The largest absolute Gasteiger partial charge is 0.497 e. The molecule has 0 fully saturated rings. The Kier molecular flexibility index (Phi) is 5.87. The molecule has 0 spiro atoms. The third-order valence-corrected chi connectivity index (χ3v) is 4.14. The van der Waals surface area contributed by atoms with Crippen molar-refractivity contribution < 1.29 is 19.4 Å². The normalized spacial score (nSPS) is 11.0. The first-order valence-corrected chi connectivity index (χ1v) is 8.62. The van der Waals surface area contributed by atoms with Gasteiger partial charge in [-0.25, -0.2) is 4.79 Å². The molecular formula is C23H19NO4. The summed E-state index contributed by atoms with van der Waals surface area (Å²) in [6, 6.07) is 23.1. The van der Waals surface area contributed by atoms with E-state index in [4.69, 9.17) is 4.74 Å². The van der Waals surface area contributed by atoms with Gasteiger partial charge in [-0.3, -0.25) is 4.79 Å². The van der Waals surface area contributed by atoms with Crippen LogP contribution in [-0.4, -0.2) is 24.1 Å². The maximum absolute atomic E-state index is 12.5. The van der Waals surface area contributed by atoms with Crippen LogP contribution in [0.25, 0.3) is 5.57 Å². The van der Waals surface area contributed by atoms with Crippen LogP contribution < -0.4 is 10.1 Å². The van der Waals surface area contributed by atoms with E-state index in [9.17, 15) is 14.7 Å². The molecule has 0 saturated carbocycles. The highest BCUT2D eigenvalue weighted by Crippen LogP contribution is 2.26. The van der Waals surface area contributed by atoms with Gasteiger partial charge in [0, 0.05) is 17.3 Å². The van der Waals surface area contributed by atoms with Gasteiger partial charge in [-0.1, -0.05) is 42.5 Å². The molecule has 0 aromatic heterocycles. The topological polar surface area (TPSA) is 75.6 Å². The van der Waals surface area contributed by atoms with E-state index >= 15 is 0 Å². The van der Waals surface area contributed by atoms with Crippen molar-refractivity contribution in [2.24, 2.45) is 0 Å². The molecule has 0 atom stereocenters. The number of anilines is 1. The first-order chi connectivity index (χ1) is 13.6. The van der Waals surface area contributed by atoms with Crippen molar-refractivity contribution in [3.63, 3.8) is 0 Å². The van der Waals surface area contributed by atoms with Crippen LogP contribution in [0, 0.1) is 0 Å². The van der Waals surface area contributed by atoms with Crippen LogP contribution in [0.1, 0.15) is 21.5 Å². The number of amides is 1. The Morgan fingerprint density at radius 1 is 0.857 bits per heavy atom. The van der Waals surface area contributed by atoms with Crippen molar-refractivity contribution in [3.05, 3.63) is 102 Å². The number of carbonyl (C=O) groups excluding carboxylic acids is 1. The second-order valence-electron chi connectivity index (χ2n) is 6.03. The molecule has 28 heavy (non-hydrogen) atoms. The minimum Gasteiger partial charge on any atom is -0.497 e. The predicted molar refractivity (Wildman–Crippen MR) is 109 cm³/mol. The fourth-order valence-corrected chi connectivity index (χ4v) is 2.78. The first kappa shape index (κ1) is 18.9. The van der Waals surface area contributed by atoms with E-state index in [0.717, 1.165) is 5.56 Å². The quantitative estimate of drug-likeness (QED) is 0.626. The lowest BCUT2D eigenvalue weighted by Crippen LogP contribution is -2.11. The predicted octanol–water partition coefficient (Wildman–Crippen LogP) is 4.46. The van der Waals surface area contributed by atoms with Crippen LogP contribution in [0.2, 0.25) is 0 Å². The van der Waals surface area contributed by atoms with Gasteiger partial charge >= 0.3 is 5.97 Å². The van der Waals surface area contributed by atoms with Gasteiger partial charge in [0.05, 0.1) is 7.11 Å². The van der Waals surface area contributed by atoms with E-state index in [2.05, 4.69) is 5.32 Å². The monoisotopic (exact) mass is 373 g/mol. The second kappa shape index (κ2) is 8.68. The summed E-state index contributed by atoms with van der Waals surface area (Å²) in [4.78, 5) is 23.8. The molecule has 3 rings (SSSR count). The summed E-state index contributed by atoms with van der Waals surface area (Å²) >= 11 is 0. The highest BCUT2D eigenvalue weighted by molar-refractivity contribution is 6.04. The van der Waals surface area contributed by atoms with Crippen molar-refractivity contribution in [2.75, 3.05) is 12.4 Å². The number of hydrogen-bond acceptors (Lipinski definition) is 3. The van der Waals surface area contributed by atoms with E-state index in [1.54, 1.807) is 49.6 Å². The van der Waals surface area contributed by atoms with Crippen molar-refractivity contribution >= 4 is 23.1 Å². The summed E-state index contributed by atoms with van der Waals surface area (Å²) in [6.45, 7) is 0. The number of carboxylic acid groups (broad SMARTS) is 1. The number of carboxylic acids is 1. The van der Waals surface area contributed by atoms with Crippen molar-refractivity contribution in [2.45, 2.75) is 0 Å². The van der Waals surface area contributed by atoms with E-state index in [1.165, 1.54) is 6.08 Å². The van der Waals surface area contributed by atoms with Crippen LogP contribution in [-0.2, 0) is 4.79 Å². The van der Waals surface area contributed by atoms with Gasteiger partial charge < -0.3 is 15.2 Å². The van der Waals surface area contributed by atoms with Gasteiger partial charge in [0.15, 0.2) is 0 Å². The van der Waals surface area contributed by atoms with E-state index in [1.807, 2.05) is 36.4 Å². The van der Waals surface area contributed by atoms with Crippen LogP contribution >= 0.6 is 0 Å². The van der Waals surface area contributed by atoms with Gasteiger partial charge in [-0.2, -0.15) is 0 Å². The molecule has 0 aliphatic heterocycles. The molecule has 0 unspecified atom stereocenters. The van der Waals surface area contributed by atoms with Crippen LogP contribution in [0.3, 0.4) is 0 Å². The summed E-state index contributed by atoms with van der Waals surface area (Å²) in [5, 5.41) is 12.1. The number of carbonyl (C=O) groups is 2. The van der Waals surface area contributed by atoms with Crippen molar-refractivity contribution in [1.82, 2.24) is 0 Å². The zero-order valence-electron chi connectivity index (χ0n) is 15.3. The van der Waals surface area contributed by atoms with Gasteiger partial charge in [-0.15, -0.1) is 0 Å². The average Bonchev–Trinajstić information content (AvgIpc) is 2.73. The number of nitrogens with one attached hydrogen (secondary N) is 1. The van der Waals surface area contributed by atoms with E-state index in [0.29, 0.717) is 28.1 Å². The van der Waals surface area contributed by atoms with Crippen molar-refractivity contribution in [1.29, 1.82) is 0 Å². The molecule has 0 radical (unpaired) electrons. The maximum atomic E-state index is 12.5. The SMILES string of the molecule is COc1ccc(C(=O)Nc2cccc(C(=CC(=O)O)c3ccccc3)c2)cc1. The van der Waals surface area contributed by atoms with Gasteiger partial charge in [0.25, 0.3) is 5.91 Å². The van der Waals surface area contributed by atoms with Crippen molar-refractivity contribution in [3.8, 4) is 5.75 Å². The fraction of sp³-hybridized carbons (Fsp3) is 0.0435. The summed E-state index contributed by atoms with van der Waals surface area (Å²) in [6.07, 6.45) is 1.17. The molecular weight excluding hydrogens is 354 g/mol. The van der Waals surface area contributed by atoms with Crippen LogP contribution in [0.15, 0.2) is 84.9 Å².